The number of benzene rings is 5. The number of hydrogen-bond acceptors (Lipinski definition) is 4. The van der Waals surface area contributed by atoms with Crippen LogP contribution in [0.3, 0.4) is 0 Å². The summed E-state index contributed by atoms with van der Waals surface area (Å²) < 4.78 is 8.14. The van der Waals surface area contributed by atoms with Gasteiger partial charge < -0.3 is 0 Å². The molecule has 10 nitrogen and oxygen atoms in total. The first-order chi connectivity index (χ1) is 24.6. The molecule has 10 heteroatoms. The number of rotatable bonds is 12. The van der Waals surface area contributed by atoms with Gasteiger partial charge >= 0.3 is 0 Å². The van der Waals surface area contributed by atoms with Crippen molar-refractivity contribution in [1.82, 2.24) is 20.0 Å². The van der Waals surface area contributed by atoms with Crippen molar-refractivity contribution >= 4 is 46.3 Å². The molecule has 0 aliphatic heterocycles. The summed E-state index contributed by atoms with van der Waals surface area (Å²) in [4.78, 5) is 25.6. The summed E-state index contributed by atoms with van der Waals surface area (Å²) in [7, 11) is 0. The molecule has 0 bridgehead atoms. The van der Waals surface area contributed by atoms with Crippen LogP contribution in [0.2, 0.25) is 0 Å². The molecule has 0 aliphatic carbocycles. The maximum absolute atomic E-state index is 12.8. The van der Waals surface area contributed by atoms with Gasteiger partial charge in [-0.3, -0.25) is 9.59 Å². The lowest BCUT2D eigenvalue weighted by atomic mass is 10.2. The maximum atomic E-state index is 12.8. The van der Waals surface area contributed by atoms with Crippen molar-refractivity contribution in [2.75, 3.05) is 0 Å². The number of amides is 2. The number of carbonyl (C=O) groups excluding carboxylic acids is 2. The molecular formula is C40H36N8O2+2. The average Bonchev–Trinajstić information content (AvgIpc) is 3.66. The van der Waals surface area contributed by atoms with Crippen LogP contribution in [0.25, 0.3) is 22.1 Å². The first-order valence-corrected chi connectivity index (χ1v) is 16.4. The van der Waals surface area contributed by atoms with E-state index in [2.05, 4.69) is 66.6 Å². The zero-order valence-corrected chi connectivity index (χ0v) is 27.3. The average molecular weight is 661 g/mol. The molecule has 0 unspecified atom stereocenters. The van der Waals surface area contributed by atoms with Crippen LogP contribution >= 0.6 is 0 Å². The van der Waals surface area contributed by atoms with Gasteiger partial charge in [0, 0.05) is 0 Å². The van der Waals surface area contributed by atoms with Crippen molar-refractivity contribution in [3.63, 3.8) is 0 Å². The number of fused-ring (bicyclic) bond motifs is 2. The summed E-state index contributed by atoms with van der Waals surface area (Å²) in [5.41, 5.74) is 13.3. The molecule has 0 radical (unpaired) electrons. The minimum Gasteiger partial charge on any atom is -0.269 e. The van der Waals surface area contributed by atoms with Crippen LogP contribution in [0.15, 0.2) is 156 Å². The van der Waals surface area contributed by atoms with Crippen molar-refractivity contribution in [3.8, 4) is 0 Å². The van der Waals surface area contributed by atoms with E-state index in [0.29, 0.717) is 13.1 Å². The molecule has 0 spiro atoms. The van der Waals surface area contributed by atoms with Crippen LogP contribution in [0, 0.1) is 0 Å². The lowest BCUT2D eigenvalue weighted by molar-refractivity contribution is -0.663. The predicted molar refractivity (Wildman–Crippen MR) is 193 cm³/mol. The Bertz CT molecular complexity index is 2140. The van der Waals surface area contributed by atoms with E-state index in [1.807, 2.05) is 119 Å². The quantitative estimate of drug-likeness (QED) is 0.114. The highest BCUT2D eigenvalue weighted by Crippen LogP contribution is 2.13. The van der Waals surface area contributed by atoms with Gasteiger partial charge in [0.2, 0.25) is 12.7 Å². The number of nitrogens with one attached hydrogen (secondary N) is 2. The second kappa shape index (κ2) is 15.0. The van der Waals surface area contributed by atoms with Crippen LogP contribution in [0.5, 0.6) is 0 Å². The van der Waals surface area contributed by atoms with Crippen LogP contribution in [-0.2, 0) is 35.8 Å². The first kappa shape index (κ1) is 31.9. The lowest BCUT2D eigenvalue weighted by Crippen LogP contribution is -2.33. The van der Waals surface area contributed by atoms with Crippen molar-refractivity contribution in [2.24, 2.45) is 10.2 Å². The Morgan fingerprint density at radius 2 is 0.900 bits per heavy atom. The third-order valence-corrected chi connectivity index (χ3v) is 8.32. The topological polar surface area (TPSA) is 101 Å². The number of para-hydroxylation sites is 4. The number of aromatic nitrogens is 4. The Kier molecular flexibility index (Phi) is 9.59. The van der Waals surface area contributed by atoms with Gasteiger partial charge in [-0.2, -0.15) is 10.2 Å². The monoisotopic (exact) mass is 660 g/mol. The Balaban J connectivity index is 0.911. The van der Waals surface area contributed by atoms with E-state index in [9.17, 15) is 9.59 Å². The molecule has 7 aromatic rings. The molecule has 5 aromatic carbocycles. The third-order valence-electron chi connectivity index (χ3n) is 8.32. The fourth-order valence-electron chi connectivity index (χ4n) is 5.96. The van der Waals surface area contributed by atoms with E-state index in [0.717, 1.165) is 33.2 Å². The molecule has 2 heterocycles. The Morgan fingerprint density at radius 3 is 1.32 bits per heavy atom. The Labute approximate surface area is 289 Å². The number of nitrogens with zero attached hydrogens (tertiary/aromatic N) is 6. The molecule has 0 fully saturated rings. The summed E-state index contributed by atoms with van der Waals surface area (Å²) in [6.45, 7) is 1.69. The molecule has 246 valence electrons. The molecule has 2 amide bonds. The van der Waals surface area contributed by atoms with E-state index in [1.165, 1.54) is 11.1 Å². The van der Waals surface area contributed by atoms with Gasteiger partial charge in [-0.15, -0.1) is 0 Å². The van der Waals surface area contributed by atoms with Crippen molar-refractivity contribution in [3.05, 3.63) is 168 Å². The Morgan fingerprint density at radius 1 is 0.520 bits per heavy atom. The molecule has 0 saturated heterocycles. The molecule has 0 saturated carbocycles. The maximum Gasteiger partial charge on any atom is 0.282 e. The van der Waals surface area contributed by atoms with Gasteiger partial charge in [-0.05, 0) is 46.5 Å². The number of carbonyl (C=O) groups is 2. The van der Waals surface area contributed by atoms with Gasteiger partial charge in [-0.25, -0.2) is 29.1 Å². The van der Waals surface area contributed by atoms with Gasteiger partial charge in [0.15, 0.2) is 35.2 Å². The minimum atomic E-state index is -0.229. The van der Waals surface area contributed by atoms with Crippen LogP contribution in [0.4, 0.5) is 0 Å². The lowest BCUT2D eigenvalue weighted by Gasteiger charge is -1.99. The smallest absolute Gasteiger partial charge is 0.269 e. The van der Waals surface area contributed by atoms with Gasteiger partial charge in [-0.1, -0.05) is 109 Å². The van der Waals surface area contributed by atoms with Crippen molar-refractivity contribution < 1.29 is 18.7 Å². The summed E-state index contributed by atoms with van der Waals surface area (Å²) in [5, 5.41) is 8.31. The standard InChI is InChI=1S/C40H34N8O2/c49-39(27-47-29-45(25-33-11-3-1-4-12-33)35-15-7-9-17-37(35)47)43-41-23-31-19-21-32(22-20-31)24-42-44-40(50)28-48-30-46(26-34-13-5-2-6-14-34)36-16-8-10-18-38(36)48/h1-24,29-30H,25-28H2/p+2. The van der Waals surface area contributed by atoms with Gasteiger partial charge in [0.25, 0.3) is 11.8 Å². The third kappa shape index (κ3) is 7.71. The molecular weight excluding hydrogens is 624 g/mol. The Hall–Kier alpha value is -6.68. The number of hydrogen-bond donors (Lipinski definition) is 2. The molecule has 0 aliphatic rings. The molecule has 2 N–H and O–H groups in total. The fraction of sp³-hybridized carbons (Fsp3) is 0.100. The van der Waals surface area contributed by atoms with E-state index in [4.69, 9.17) is 0 Å². The number of hydrazone groups is 2. The molecule has 2 aromatic heterocycles. The molecule has 50 heavy (non-hydrogen) atoms. The molecule has 0 atom stereocenters. The highest BCUT2D eigenvalue weighted by molar-refractivity contribution is 5.86. The van der Waals surface area contributed by atoms with E-state index in [-0.39, 0.29) is 24.9 Å². The second-order valence-corrected chi connectivity index (χ2v) is 11.9. The SMILES string of the molecule is O=C(Cn1c[n+](Cc2ccccc2)c2ccccc21)NN=Cc1ccc(C=NNC(=O)Cn2c[n+](Cc3ccccc3)c3ccccc32)cc1. The second-order valence-electron chi connectivity index (χ2n) is 11.9. The summed E-state index contributed by atoms with van der Waals surface area (Å²) in [6.07, 6.45) is 7.12. The summed E-state index contributed by atoms with van der Waals surface area (Å²) in [5.74, 6) is -0.459. The van der Waals surface area contributed by atoms with Crippen molar-refractivity contribution in [2.45, 2.75) is 26.2 Å². The highest BCUT2D eigenvalue weighted by atomic mass is 16.2. The van der Waals surface area contributed by atoms with Crippen LogP contribution in [-0.4, -0.2) is 33.4 Å². The molecule has 7 rings (SSSR count). The van der Waals surface area contributed by atoms with Crippen LogP contribution in [0.1, 0.15) is 22.3 Å². The van der Waals surface area contributed by atoms with E-state index < -0.39 is 0 Å². The summed E-state index contributed by atoms with van der Waals surface area (Å²) in [6, 6.07) is 44.0. The van der Waals surface area contributed by atoms with Gasteiger partial charge in [0.1, 0.15) is 13.1 Å². The normalized spacial score (nSPS) is 11.5. The predicted octanol–water partition coefficient (Wildman–Crippen LogP) is 4.57. The minimum absolute atomic E-state index is 0.134. The van der Waals surface area contributed by atoms with E-state index >= 15 is 0 Å². The highest BCUT2D eigenvalue weighted by Gasteiger charge is 2.19. The first-order valence-electron chi connectivity index (χ1n) is 16.4. The van der Waals surface area contributed by atoms with Crippen LogP contribution < -0.4 is 20.0 Å². The largest absolute Gasteiger partial charge is 0.282 e. The fourth-order valence-corrected chi connectivity index (χ4v) is 5.96. The van der Waals surface area contributed by atoms with E-state index in [1.54, 1.807) is 12.4 Å². The summed E-state index contributed by atoms with van der Waals surface area (Å²) >= 11 is 0. The zero-order chi connectivity index (χ0) is 34.1. The number of imidazole rings is 2. The van der Waals surface area contributed by atoms with Crippen molar-refractivity contribution in [1.29, 1.82) is 0 Å². The zero-order valence-electron chi connectivity index (χ0n) is 27.3. The van der Waals surface area contributed by atoms with Gasteiger partial charge in [0.05, 0.1) is 12.4 Å².